The van der Waals surface area contributed by atoms with E-state index in [0.29, 0.717) is 11.1 Å². The number of oxazole rings is 1. The van der Waals surface area contributed by atoms with E-state index >= 15 is 0 Å². The molecule has 1 N–H and O–H groups in total. The highest BCUT2D eigenvalue weighted by atomic mass is 16.4. The van der Waals surface area contributed by atoms with Crippen LogP contribution in [0.3, 0.4) is 0 Å². The van der Waals surface area contributed by atoms with Crippen LogP contribution in [0.5, 0.6) is 0 Å². The smallest absolute Gasteiger partial charge is 0.313 e. The van der Waals surface area contributed by atoms with Crippen LogP contribution in [0.2, 0.25) is 0 Å². The van der Waals surface area contributed by atoms with E-state index in [1.54, 1.807) is 32.0 Å². The molecule has 4 nitrogen and oxygen atoms in total. The molecule has 0 aliphatic rings. The highest BCUT2D eigenvalue weighted by molar-refractivity contribution is 5.82. The summed E-state index contributed by atoms with van der Waals surface area (Å²) in [5.41, 5.74) is 1.14. The zero-order valence-electron chi connectivity index (χ0n) is 8.52. The second kappa shape index (κ2) is 3.08. The van der Waals surface area contributed by atoms with Gasteiger partial charge in [-0.2, -0.15) is 0 Å². The molecule has 1 aromatic carbocycles. The van der Waals surface area contributed by atoms with Crippen molar-refractivity contribution in [2.75, 3.05) is 0 Å². The van der Waals surface area contributed by atoms with E-state index in [-0.39, 0.29) is 0 Å². The maximum atomic E-state index is 11.0. The highest BCUT2D eigenvalue weighted by Crippen LogP contribution is 2.26. The van der Waals surface area contributed by atoms with Crippen molar-refractivity contribution in [2.24, 2.45) is 0 Å². The first-order chi connectivity index (χ1) is 7.01. The summed E-state index contributed by atoms with van der Waals surface area (Å²) in [5, 5.41) is 9.07. The molecule has 1 aromatic heterocycles. The number of carboxylic acids is 1. The molecule has 0 fully saturated rings. The van der Waals surface area contributed by atoms with Gasteiger partial charge in [0.05, 0.1) is 5.41 Å². The molecule has 0 bridgehead atoms. The molecular weight excluding hydrogens is 194 g/mol. The van der Waals surface area contributed by atoms with Crippen molar-refractivity contribution >= 4 is 17.1 Å². The summed E-state index contributed by atoms with van der Waals surface area (Å²) in [7, 11) is 0. The Morgan fingerprint density at radius 1 is 1.47 bits per heavy atom. The third-order valence-corrected chi connectivity index (χ3v) is 2.59. The summed E-state index contributed by atoms with van der Waals surface area (Å²) in [6, 6.07) is 5.24. The van der Waals surface area contributed by atoms with Crippen LogP contribution < -0.4 is 0 Å². The van der Waals surface area contributed by atoms with E-state index < -0.39 is 11.4 Å². The lowest BCUT2D eigenvalue weighted by Gasteiger charge is -2.19. The first kappa shape index (κ1) is 9.71. The zero-order chi connectivity index (χ0) is 11.1. The van der Waals surface area contributed by atoms with Gasteiger partial charge >= 0.3 is 5.97 Å². The Kier molecular flexibility index (Phi) is 2.00. The molecule has 2 aromatic rings. The lowest BCUT2D eigenvalue weighted by atomic mass is 9.85. The summed E-state index contributed by atoms with van der Waals surface area (Å²) in [5.74, 6) is -0.860. The largest absolute Gasteiger partial charge is 0.481 e. The average Bonchev–Trinajstić information content (AvgIpc) is 2.63. The quantitative estimate of drug-likeness (QED) is 0.816. The molecule has 15 heavy (non-hydrogen) atoms. The SMILES string of the molecule is CC(C)(C(=O)O)c1ccc2ncoc2c1. The molecule has 0 amide bonds. The average molecular weight is 205 g/mol. The number of carbonyl (C=O) groups is 1. The number of fused-ring (bicyclic) bond motifs is 1. The van der Waals surface area contributed by atoms with Crippen molar-refractivity contribution in [1.29, 1.82) is 0 Å². The van der Waals surface area contributed by atoms with Crippen molar-refractivity contribution in [2.45, 2.75) is 19.3 Å². The van der Waals surface area contributed by atoms with Crippen molar-refractivity contribution < 1.29 is 14.3 Å². The number of benzene rings is 1. The minimum absolute atomic E-state index is 0.613. The van der Waals surface area contributed by atoms with Crippen molar-refractivity contribution in [3.8, 4) is 0 Å². The lowest BCUT2D eigenvalue weighted by molar-refractivity contribution is -0.142. The number of hydrogen-bond donors (Lipinski definition) is 1. The molecule has 0 aliphatic heterocycles. The number of rotatable bonds is 2. The van der Waals surface area contributed by atoms with Gasteiger partial charge < -0.3 is 9.52 Å². The Morgan fingerprint density at radius 3 is 2.87 bits per heavy atom. The van der Waals surface area contributed by atoms with Crippen molar-refractivity contribution in [3.63, 3.8) is 0 Å². The number of aliphatic carboxylic acids is 1. The second-order valence-corrected chi connectivity index (χ2v) is 3.97. The molecule has 0 unspecified atom stereocenters. The fourth-order valence-corrected chi connectivity index (χ4v) is 1.37. The minimum atomic E-state index is -0.916. The van der Waals surface area contributed by atoms with E-state index in [4.69, 9.17) is 9.52 Å². The van der Waals surface area contributed by atoms with Gasteiger partial charge in [0.2, 0.25) is 0 Å². The summed E-state index contributed by atoms with van der Waals surface area (Å²) in [6.07, 6.45) is 1.35. The fraction of sp³-hybridized carbons (Fsp3) is 0.273. The van der Waals surface area contributed by atoms with Gasteiger partial charge in [0.25, 0.3) is 0 Å². The van der Waals surface area contributed by atoms with Crippen molar-refractivity contribution in [3.05, 3.63) is 30.2 Å². The van der Waals surface area contributed by atoms with Gasteiger partial charge in [0, 0.05) is 0 Å². The second-order valence-electron chi connectivity index (χ2n) is 3.97. The van der Waals surface area contributed by atoms with Gasteiger partial charge in [-0.05, 0) is 31.5 Å². The molecular formula is C11H11NO3. The Balaban J connectivity index is 2.57. The topological polar surface area (TPSA) is 63.3 Å². The lowest BCUT2D eigenvalue weighted by Crippen LogP contribution is -2.28. The first-order valence-corrected chi connectivity index (χ1v) is 4.59. The van der Waals surface area contributed by atoms with Crippen LogP contribution in [0.15, 0.2) is 29.0 Å². The monoisotopic (exact) mass is 205 g/mol. The molecule has 78 valence electrons. The number of carboxylic acid groups (broad SMARTS) is 1. The summed E-state index contributed by atoms with van der Waals surface area (Å²) in [4.78, 5) is 15.0. The Labute approximate surface area is 86.5 Å². The molecule has 4 heteroatoms. The van der Waals surface area contributed by atoms with Crippen LogP contribution >= 0.6 is 0 Å². The normalized spacial score (nSPS) is 11.9. The van der Waals surface area contributed by atoms with Crippen molar-refractivity contribution in [1.82, 2.24) is 4.98 Å². The van der Waals surface area contributed by atoms with Gasteiger partial charge in [0.15, 0.2) is 12.0 Å². The summed E-state index contributed by atoms with van der Waals surface area (Å²) >= 11 is 0. The van der Waals surface area contributed by atoms with Crippen LogP contribution in [-0.2, 0) is 10.2 Å². The van der Waals surface area contributed by atoms with Gasteiger partial charge in [-0.15, -0.1) is 0 Å². The third kappa shape index (κ3) is 1.48. The Hall–Kier alpha value is -1.84. The summed E-state index contributed by atoms with van der Waals surface area (Å²) in [6.45, 7) is 3.32. The van der Waals surface area contributed by atoms with Crippen LogP contribution in [0.1, 0.15) is 19.4 Å². The Morgan fingerprint density at radius 2 is 2.20 bits per heavy atom. The maximum absolute atomic E-state index is 11.0. The third-order valence-electron chi connectivity index (χ3n) is 2.59. The maximum Gasteiger partial charge on any atom is 0.313 e. The van der Waals surface area contributed by atoms with Crippen LogP contribution in [0, 0.1) is 0 Å². The van der Waals surface area contributed by atoms with Gasteiger partial charge in [-0.25, -0.2) is 4.98 Å². The van der Waals surface area contributed by atoms with Gasteiger partial charge in [-0.1, -0.05) is 6.07 Å². The fourth-order valence-electron chi connectivity index (χ4n) is 1.37. The summed E-state index contributed by atoms with van der Waals surface area (Å²) < 4.78 is 5.13. The molecule has 1 heterocycles. The highest BCUT2D eigenvalue weighted by Gasteiger charge is 2.29. The molecule has 0 saturated heterocycles. The predicted molar refractivity (Wildman–Crippen MR) is 54.7 cm³/mol. The van der Waals surface area contributed by atoms with E-state index in [1.807, 2.05) is 0 Å². The molecule has 0 saturated carbocycles. The molecule has 2 rings (SSSR count). The predicted octanol–water partition coefficient (Wildman–Crippen LogP) is 2.19. The standard InChI is InChI=1S/C11H11NO3/c1-11(2,10(13)14)7-3-4-8-9(5-7)15-6-12-8/h3-6H,1-2H3,(H,13,14). The van der Waals surface area contributed by atoms with Crippen LogP contribution in [0.25, 0.3) is 11.1 Å². The molecule has 0 atom stereocenters. The molecule has 0 aliphatic carbocycles. The Bertz CT molecular complexity index is 513. The van der Waals surface area contributed by atoms with E-state index in [2.05, 4.69) is 4.98 Å². The van der Waals surface area contributed by atoms with E-state index in [1.165, 1.54) is 6.39 Å². The van der Waals surface area contributed by atoms with Crippen LogP contribution in [-0.4, -0.2) is 16.1 Å². The number of aromatic nitrogens is 1. The van der Waals surface area contributed by atoms with E-state index in [9.17, 15) is 4.79 Å². The first-order valence-electron chi connectivity index (χ1n) is 4.59. The zero-order valence-corrected chi connectivity index (χ0v) is 8.52. The molecule has 0 spiro atoms. The molecule has 0 radical (unpaired) electrons. The number of hydrogen-bond acceptors (Lipinski definition) is 3. The van der Waals surface area contributed by atoms with Gasteiger partial charge in [-0.3, -0.25) is 4.79 Å². The van der Waals surface area contributed by atoms with Gasteiger partial charge in [0.1, 0.15) is 5.52 Å². The van der Waals surface area contributed by atoms with E-state index in [0.717, 1.165) is 5.52 Å². The van der Waals surface area contributed by atoms with Crippen LogP contribution in [0.4, 0.5) is 0 Å². The minimum Gasteiger partial charge on any atom is -0.481 e. The number of nitrogens with zero attached hydrogens (tertiary/aromatic N) is 1.